The Morgan fingerprint density at radius 3 is 2.83 bits per heavy atom. The van der Waals surface area contributed by atoms with Crippen LogP contribution >= 0.6 is 15.9 Å². The van der Waals surface area contributed by atoms with Crippen LogP contribution < -0.4 is 15.0 Å². The van der Waals surface area contributed by atoms with Crippen molar-refractivity contribution < 1.29 is 13.2 Å². The first kappa shape index (κ1) is 17.6. The molecule has 9 heteroatoms. The first-order valence-electron chi connectivity index (χ1n) is 6.79. The highest BCUT2D eigenvalue weighted by molar-refractivity contribution is 9.10. The second kappa shape index (κ2) is 7.71. The highest BCUT2D eigenvalue weighted by atomic mass is 79.9. The molecule has 0 aliphatic carbocycles. The Hall–Kier alpha value is -1.71. The molecule has 0 radical (unpaired) electrons. The molecule has 0 amide bonds. The lowest BCUT2D eigenvalue weighted by Crippen LogP contribution is -2.28. The zero-order valence-electron chi connectivity index (χ0n) is 12.4. The molecule has 0 aliphatic heterocycles. The van der Waals surface area contributed by atoms with E-state index in [2.05, 4.69) is 25.8 Å². The first-order valence-corrected chi connectivity index (χ1v) is 9.07. The number of rotatable bonds is 7. The number of hydrogen-bond donors (Lipinski definition) is 1. The Labute approximate surface area is 142 Å². The van der Waals surface area contributed by atoms with Crippen LogP contribution in [0.5, 0.6) is 5.75 Å². The number of nitrogens with zero attached hydrogens (tertiary/aromatic N) is 2. The molecule has 0 fully saturated rings. The number of nitrogens with one attached hydrogen (secondary N) is 1. The Morgan fingerprint density at radius 2 is 2.13 bits per heavy atom. The Kier molecular flexibility index (Phi) is 5.91. The van der Waals surface area contributed by atoms with Gasteiger partial charge in [-0.25, -0.2) is 17.8 Å². The molecular weight excluding hydrogens is 386 g/mol. The van der Waals surface area contributed by atoms with Crippen LogP contribution in [0.3, 0.4) is 0 Å². The van der Waals surface area contributed by atoms with Gasteiger partial charge in [-0.1, -0.05) is 15.9 Å². The molecule has 1 aromatic carbocycles. The van der Waals surface area contributed by atoms with E-state index in [1.165, 1.54) is 30.1 Å². The fourth-order valence-corrected chi connectivity index (χ4v) is 3.71. The molecule has 0 unspecified atom stereocenters. The molecule has 1 aromatic heterocycles. The minimum Gasteiger partial charge on any atom is -0.495 e. The van der Waals surface area contributed by atoms with Crippen molar-refractivity contribution in [2.24, 2.45) is 0 Å². The van der Waals surface area contributed by atoms with Gasteiger partial charge in [0.2, 0.25) is 10.0 Å². The quantitative estimate of drug-likeness (QED) is 0.707. The van der Waals surface area contributed by atoms with Crippen LogP contribution in [-0.2, 0) is 16.6 Å². The summed E-state index contributed by atoms with van der Waals surface area (Å²) >= 11 is 3.24. The molecule has 2 rings (SSSR count). The van der Waals surface area contributed by atoms with Crippen molar-refractivity contribution in [3.63, 3.8) is 0 Å². The van der Waals surface area contributed by atoms with Crippen LogP contribution in [0.4, 0.5) is 0 Å². The summed E-state index contributed by atoms with van der Waals surface area (Å²) in [6, 6.07) is 7.71. The van der Waals surface area contributed by atoms with Gasteiger partial charge in [0.15, 0.2) is 0 Å². The SMILES string of the molecule is COc1ccc(Br)cc1S(=O)(=O)NCCCn1ncccc1=O. The molecule has 0 saturated carbocycles. The van der Waals surface area contributed by atoms with Gasteiger partial charge in [-0.2, -0.15) is 5.10 Å². The van der Waals surface area contributed by atoms with Crippen molar-refractivity contribution in [3.05, 3.63) is 51.4 Å². The highest BCUT2D eigenvalue weighted by Crippen LogP contribution is 2.26. The van der Waals surface area contributed by atoms with Crippen LogP contribution in [0.1, 0.15) is 6.42 Å². The molecule has 2 aromatic rings. The van der Waals surface area contributed by atoms with Crippen molar-refractivity contribution in [2.75, 3.05) is 13.7 Å². The maximum atomic E-state index is 12.3. The van der Waals surface area contributed by atoms with E-state index in [0.717, 1.165) is 0 Å². The maximum absolute atomic E-state index is 12.3. The van der Waals surface area contributed by atoms with Crippen LogP contribution in [0, 0.1) is 0 Å². The van der Waals surface area contributed by atoms with E-state index >= 15 is 0 Å². The van der Waals surface area contributed by atoms with E-state index in [1.807, 2.05) is 0 Å². The van der Waals surface area contributed by atoms with Crippen molar-refractivity contribution in [2.45, 2.75) is 17.9 Å². The number of sulfonamides is 1. The second-order valence-electron chi connectivity index (χ2n) is 4.63. The monoisotopic (exact) mass is 401 g/mol. The Bertz CT molecular complexity index is 836. The minimum absolute atomic E-state index is 0.0596. The minimum atomic E-state index is -3.70. The normalized spacial score (nSPS) is 11.4. The summed E-state index contributed by atoms with van der Waals surface area (Å²) < 4.78 is 34.2. The number of hydrogen-bond acceptors (Lipinski definition) is 5. The number of benzene rings is 1. The van der Waals surface area contributed by atoms with Crippen molar-refractivity contribution in [1.82, 2.24) is 14.5 Å². The largest absolute Gasteiger partial charge is 0.495 e. The zero-order valence-corrected chi connectivity index (χ0v) is 14.8. The zero-order chi connectivity index (χ0) is 16.9. The molecule has 0 atom stereocenters. The Balaban J connectivity index is 2.01. The number of halogens is 1. The third kappa shape index (κ3) is 4.63. The number of aromatic nitrogens is 2. The van der Waals surface area contributed by atoms with Crippen LogP contribution in [-0.4, -0.2) is 31.9 Å². The third-order valence-corrected chi connectivity index (χ3v) is 5.01. The number of ether oxygens (including phenoxy) is 1. The van der Waals surface area contributed by atoms with E-state index in [4.69, 9.17) is 4.74 Å². The van der Waals surface area contributed by atoms with Gasteiger partial charge in [0.05, 0.1) is 7.11 Å². The molecular formula is C14H16BrN3O4S. The van der Waals surface area contributed by atoms with Gasteiger partial charge in [0.1, 0.15) is 10.6 Å². The van der Waals surface area contributed by atoms with Gasteiger partial charge in [0.25, 0.3) is 5.56 Å². The lowest BCUT2D eigenvalue weighted by atomic mass is 10.3. The molecule has 23 heavy (non-hydrogen) atoms. The average molecular weight is 402 g/mol. The van der Waals surface area contributed by atoms with Gasteiger partial charge < -0.3 is 4.74 Å². The van der Waals surface area contributed by atoms with E-state index in [9.17, 15) is 13.2 Å². The summed E-state index contributed by atoms with van der Waals surface area (Å²) in [5, 5.41) is 3.91. The van der Waals surface area contributed by atoms with Crippen LogP contribution in [0.2, 0.25) is 0 Å². The lowest BCUT2D eigenvalue weighted by molar-refractivity contribution is 0.402. The maximum Gasteiger partial charge on any atom is 0.266 e. The van der Waals surface area contributed by atoms with Gasteiger partial charge in [-0.05, 0) is 30.7 Å². The molecule has 1 heterocycles. The third-order valence-electron chi connectivity index (χ3n) is 3.04. The van der Waals surface area contributed by atoms with E-state index in [0.29, 0.717) is 17.4 Å². The van der Waals surface area contributed by atoms with Crippen molar-refractivity contribution in [1.29, 1.82) is 0 Å². The summed E-state index contributed by atoms with van der Waals surface area (Å²) in [7, 11) is -2.29. The van der Waals surface area contributed by atoms with Gasteiger partial charge in [-0.15, -0.1) is 0 Å². The lowest BCUT2D eigenvalue weighted by Gasteiger charge is -2.11. The summed E-state index contributed by atoms with van der Waals surface area (Å²) in [6.45, 7) is 0.513. The van der Waals surface area contributed by atoms with Crippen LogP contribution in [0.25, 0.3) is 0 Å². The molecule has 1 N–H and O–H groups in total. The van der Waals surface area contributed by atoms with Crippen molar-refractivity contribution in [3.8, 4) is 5.75 Å². The van der Waals surface area contributed by atoms with Gasteiger partial charge in [0, 0.05) is 29.8 Å². The number of methoxy groups -OCH3 is 1. The van der Waals surface area contributed by atoms with E-state index in [1.54, 1.807) is 18.2 Å². The van der Waals surface area contributed by atoms with Crippen molar-refractivity contribution >= 4 is 26.0 Å². The van der Waals surface area contributed by atoms with E-state index < -0.39 is 10.0 Å². The molecule has 0 aliphatic rings. The summed E-state index contributed by atoms with van der Waals surface area (Å²) in [5.41, 5.74) is -0.219. The highest BCUT2D eigenvalue weighted by Gasteiger charge is 2.19. The average Bonchev–Trinajstić information content (AvgIpc) is 2.53. The summed E-state index contributed by atoms with van der Waals surface area (Å²) in [4.78, 5) is 11.6. The molecule has 0 saturated heterocycles. The molecule has 0 spiro atoms. The smallest absolute Gasteiger partial charge is 0.266 e. The van der Waals surface area contributed by atoms with E-state index in [-0.39, 0.29) is 22.7 Å². The molecule has 0 bridgehead atoms. The summed E-state index contributed by atoms with van der Waals surface area (Å²) in [5.74, 6) is 0.265. The second-order valence-corrected chi connectivity index (χ2v) is 7.28. The van der Waals surface area contributed by atoms with Gasteiger partial charge in [-0.3, -0.25) is 4.79 Å². The summed E-state index contributed by atoms with van der Waals surface area (Å²) in [6.07, 6.45) is 1.95. The molecule has 124 valence electrons. The predicted molar refractivity (Wildman–Crippen MR) is 89.0 cm³/mol. The fourth-order valence-electron chi connectivity index (χ4n) is 1.93. The molecule has 7 nitrogen and oxygen atoms in total. The number of aryl methyl sites for hydroxylation is 1. The first-order chi connectivity index (χ1) is 10.9. The fraction of sp³-hybridized carbons (Fsp3) is 0.286. The predicted octanol–water partition coefficient (Wildman–Crippen LogP) is 1.38. The standard InChI is InChI=1S/C14H16BrN3O4S/c1-22-12-6-5-11(15)10-13(12)23(20,21)17-8-3-9-18-14(19)4-2-7-16-18/h2,4-7,10,17H,3,8-9H2,1H3. The van der Waals surface area contributed by atoms with Gasteiger partial charge >= 0.3 is 0 Å². The Morgan fingerprint density at radius 1 is 1.35 bits per heavy atom. The van der Waals surface area contributed by atoms with Crippen LogP contribution in [0.15, 0.2) is 50.7 Å². The topological polar surface area (TPSA) is 90.3 Å².